The molecule has 1 aromatic heterocycles. The molecular weight excluding hydrogens is 242 g/mol. The molecule has 0 bridgehead atoms. The van der Waals surface area contributed by atoms with Crippen molar-refractivity contribution in [1.82, 2.24) is 5.32 Å². The number of nitrogens with one attached hydrogen (secondary N) is 1. The van der Waals surface area contributed by atoms with Crippen LogP contribution in [0.1, 0.15) is 43.2 Å². The van der Waals surface area contributed by atoms with Crippen molar-refractivity contribution in [3.8, 4) is 0 Å². The van der Waals surface area contributed by atoms with Crippen LogP contribution in [-0.2, 0) is 4.74 Å². The summed E-state index contributed by atoms with van der Waals surface area (Å²) in [5.41, 5.74) is 1.44. The molecule has 2 heterocycles. The first-order valence-corrected chi connectivity index (χ1v) is 7.97. The van der Waals surface area contributed by atoms with E-state index in [-0.39, 0.29) is 0 Å². The molecule has 3 unspecified atom stereocenters. The van der Waals surface area contributed by atoms with Gasteiger partial charge in [-0.25, -0.2) is 0 Å². The van der Waals surface area contributed by atoms with E-state index in [0.29, 0.717) is 17.9 Å². The zero-order chi connectivity index (χ0) is 13.0. The first-order chi connectivity index (χ1) is 8.74. The number of ether oxygens (including phenoxy) is 1. The van der Waals surface area contributed by atoms with E-state index in [1.54, 1.807) is 0 Å². The highest BCUT2D eigenvalue weighted by molar-refractivity contribution is 7.10. The maximum atomic E-state index is 5.59. The predicted octanol–water partition coefficient (Wildman–Crippen LogP) is 3.77. The Morgan fingerprint density at radius 2 is 2.39 bits per heavy atom. The van der Waals surface area contributed by atoms with Crippen molar-refractivity contribution in [3.05, 3.63) is 21.9 Å². The van der Waals surface area contributed by atoms with E-state index >= 15 is 0 Å². The molecule has 0 saturated carbocycles. The van der Waals surface area contributed by atoms with Crippen LogP contribution >= 0.6 is 11.3 Å². The molecule has 0 aromatic carbocycles. The Balaban J connectivity index is 2.16. The van der Waals surface area contributed by atoms with Crippen molar-refractivity contribution in [2.45, 2.75) is 39.7 Å². The van der Waals surface area contributed by atoms with Gasteiger partial charge in [-0.1, -0.05) is 13.8 Å². The minimum Gasteiger partial charge on any atom is -0.381 e. The summed E-state index contributed by atoms with van der Waals surface area (Å²) in [6.07, 6.45) is 2.37. The highest BCUT2D eigenvalue weighted by atomic mass is 32.1. The number of hydrogen-bond acceptors (Lipinski definition) is 3. The van der Waals surface area contributed by atoms with Crippen molar-refractivity contribution >= 4 is 11.3 Å². The molecule has 1 N–H and O–H groups in total. The van der Waals surface area contributed by atoms with E-state index in [9.17, 15) is 0 Å². The third-order valence-electron chi connectivity index (χ3n) is 3.93. The van der Waals surface area contributed by atoms with Gasteiger partial charge >= 0.3 is 0 Å². The minimum absolute atomic E-state index is 0.517. The monoisotopic (exact) mass is 267 g/mol. The Morgan fingerprint density at radius 1 is 1.56 bits per heavy atom. The fourth-order valence-electron chi connectivity index (χ4n) is 2.83. The molecule has 0 amide bonds. The maximum Gasteiger partial charge on any atom is 0.0495 e. The Morgan fingerprint density at radius 3 is 3.00 bits per heavy atom. The summed E-state index contributed by atoms with van der Waals surface area (Å²) in [6, 6.07) is 2.76. The summed E-state index contributed by atoms with van der Waals surface area (Å²) in [6.45, 7) is 9.73. The van der Waals surface area contributed by atoms with Crippen LogP contribution in [0.15, 0.2) is 11.4 Å². The molecule has 1 saturated heterocycles. The molecular formula is C15H25NOS. The second kappa shape index (κ2) is 6.69. The summed E-state index contributed by atoms with van der Waals surface area (Å²) in [5.74, 6) is 1.36. The summed E-state index contributed by atoms with van der Waals surface area (Å²) in [5, 5.41) is 5.99. The van der Waals surface area contributed by atoms with E-state index < -0.39 is 0 Å². The Labute approximate surface area is 115 Å². The van der Waals surface area contributed by atoms with Crippen LogP contribution in [0, 0.1) is 18.8 Å². The van der Waals surface area contributed by atoms with Crippen molar-refractivity contribution in [2.75, 3.05) is 19.8 Å². The number of hydrogen-bond donors (Lipinski definition) is 1. The molecule has 1 fully saturated rings. The zero-order valence-electron chi connectivity index (χ0n) is 11.7. The van der Waals surface area contributed by atoms with Gasteiger partial charge in [-0.2, -0.15) is 0 Å². The van der Waals surface area contributed by atoms with E-state index in [1.165, 1.54) is 23.3 Å². The molecule has 1 aliphatic rings. The Kier molecular flexibility index (Phi) is 5.22. The number of rotatable bonds is 5. The van der Waals surface area contributed by atoms with Gasteiger partial charge in [-0.15, -0.1) is 11.3 Å². The van der Waals surface area contributed by atoms with Crippen LogP contribution < -0.4 is 5.32 Å². The molecule has 0 spiro atoms. The molecule has 1 aliphatic heterocycles. The first-order valence-electron chi connectivity index (χ1n) is 7.09. The molecule has 1 aromatic rings. The van der Waals surface area contributed by atoms with E-state index in [4.69, 9.17) is 4.74 Å². The molecule has 2 nitrogen and oxygen atoms in total. The van der Waals surface area contributed by atoms with Gasteiger partial charge in [0.05, 0.1) is 0 Å². The number of aryl methyl sites for hydroxylation is 1. The molecule has 3 heteroatoms. The fraction of sp³-hybridized carbons (Fsp3) is 0.733. The Bertz CT molecular complexity index is 363. The number of thiophene rings is 1. The van der Waals surface area contributed by atoms with Crippen molar-refractivity contribution < 1.29 is 4.74 Å². The largest absolute Gasteiger partial charge is 0.381 e. The van der Waals surface area contributed by atoms with Crippen LogP contribution in [0.5, 0.6) is 0 Å². The molecule has 0 radical (unpaired) electrons. The lowest BCUT2D eigenvalue weighted by Crippen LogP contribution is -2.37. The topological polar surface area (TPSA) is 21.3 Å². The molecule has 18 heavy (non-hydrogen) atoms. The lowest BCUT2D eigenvalue weighted by Gasteiger charge is -2.36. The van der Waals surface area contributed by atoms with E-state index in [0.717, 1.165) is 19.8 Å². The molecule has 0 aliphatic carbocycles. The quantitative estimate of drug-likeness (QED) is 0.877. The lowest BCUT2D eigenvalue weighted by atomic mass is 9.82. The standard InChI is InChI=1S/C15H25NOS/c1-4-7-16-14(15-11(2)6-9-18-15)13-5-8-17-10-12(13)3/h6,9,12-14,16H,4-5,7-8,10H2,1-3H3. The van der Waals surface area contributed by atoms with Gasteiger partial charge < -0.3 is 10.1 Å². The third kappa shape index (κ3) is 3.14. The fourth-order valence-corrected chi connectivity index (χ4v) is 3.91. The summed E-state index contributed by atoms with van der Waals surface area (Å²) < 4.78 is 5.59. The second-order valence-corrected chi connectivity index (χ2v) is 6.35. The van der Waals surface area contributed by atoms with Crippen LogP contribution in [0.25, 0.3) is 0 Å². The minimum atomic E-state index is 0.517. The first kappa shape index (κ1) is 14.0. The Hall–Kier alpha value is -0.380. The van der Waals surface area contributed by atoms with Crippen LogP contribution in [0.2, 0.25) is 0 Å². The van der Waals surface area contributed by atoms with Gasteiger partial charge in [-0.3, -0.25) is 0 Å². The SMILES string of the molecule is CCCNC(c1sccc1C)C1CCOCC1C. The average molecular weight is 267 g/mol. The lowest BCUT2D eigenvalue weighted by molar-refractivity contribution is 0.0110. The van der Waals surface area contributed by atoms with E-state index in [1.807, 2.05) is 11.3 Å². The normalized spacial score (nSPS) is 26.2. The van der Waals surface area contributed by atoms with Crippen LogP contribution in [0.3, 0.4) is 0 Å². The van der Waals surface area contributed by atoms with Crippen LogP contribution in [-0.4, -0.2) is 19.8 Å². The van der Waals surface area contributed by atoms with Gasteiger partial charge in [0.25, 0.3) is 0 Å². The van der Waals surface area contributed by atoms with Gasteiger partial charge in [0.2, 0.25) is 0 Å². The molecule has 2 rings (SSSR count). The van der Waals surface area contributed by atoms with Crippen LogP contribution in [0.4, 0.5) is 0 Å². The second-order valence-electron chi connectivity index (χ2n) is 5.40. The highest BCUT2D eigenvalue weighted by Gasteiger charge is 2.31. The zero-order valence-corrected chi connectivity index (χ0v) is 12.6. The van der Waals surface area contributed by atoms with Crippen molar-refractivity contribution in [2.24, 2.45) is 11.8 Å². The summed E-state index contributed by atoms with van der Waals surface area (Å²) in [4.78, 5) is 1.53. The third-order valence-corrected chi connectivity index (χ3v) is 5.04. The van der Waals surface area contributed by atoms with Gasteiger partial charge in [0.15, 0.2) is 0 Å². The summed E-state index contributed by atoms with van der Waals surface area (Å²) >= 11 is 1.90. The summed E-state index contributed by atoms with van der Waals surface area (Å²) in [7, 11) is 0. The van der Waals surface area contributed by atoms with Gasteiger partial charge in [0, 0.05) is 24.1 Å². The highest BCUT2D eigenvalue weighted by Crippen LogP contribution is 2.37. The predicted molar refractivity (Wildman–Crippen MR) is 78.2 cm³/mol. The average Bonchev–Trinajstić information content (AvgIpc) is 2.78. The smallest absolute Gasteiger partial charge is 0.0495 e. The van der Waals surface area contributed by atoms with Gasteiger partial charge in [0.1, 0.15) is 0 Å². The van der Waals surface area contributed by atoms with Crippen molar-refractivity contribution in [3.63, 3.8) is 0 Å². The van der Waals surface area contributed by atoms with E-state index in [2.05, 4.69) is 37.5 Å². The molecule has 102 valence electrons. The molecule has 3 atom stereocenters. The van der Waals surface area contributed by atoms with Crippen molar-refractivity contribution in [1.29, 1.82) is 0 Å². The maximum absolute atomic E-state index is 5.59. The van der Waals surface area contributed by atoms with Gasteiger partial charge in [-0.05, 0) is 55.2 Å².